The lowest BCUT2D eigenvalue weighted by Gasteiger charge is -2.09. The topological polar surface area (TPSA) is 59.0 Å². The summed E-state index contributed by atoms with van der Waals surface area (Å²) in [6.07, 6.45) is 0. The van der Waals surface area contributed by atoms with Gasteiger partial charge in [0.2, 0.25) is 0 Å². The van der Waals surface area contributed by atoms with Crippen LogP contribution < -0.4 is 10.5 Å². The van der Waals surface area contributed by atoms with Crippen molar-refractivity contribution in [1.82, 2.24) is 0 Å². The van der Waals surface area contributed by atoms with Crippen molar-refractivity contribution in [3.8, 4) is 17.6 Å². The number of nitriles is 1. The van der Waals surface area contributed by atoms with Crippen molar-refractivity contribution in [3.05, 3.63) is 52.0 Å². The number of nitrogens with two attached hydrogens (primary N) is 1. The van der Waals surface area contributed by atoms with Crippen molar-refractivity contribution >= 4 is 28.9 Å². The van der Waals surface area contributed by atoms with Crippen LogP contribution >= 0.6 is 23.2 Å². The lowest BCUT2D eigenvalue weighted by atomic mass is 10.2. The quantitative estimate of drug-likeness (QED) is 0.836. The fraction of sp³-hybridized carbons (Fsp3) is 0. The number of rotatable bonds is 2. The standard InChI is InChI=1S/C13H8Cl2N2O/c14-9-4-10(15)6-11(5-9)18-13-3-8(7-16)1-2-12(13)17/h1-6H,17H2. The molecule has 0 aromatic heterocycles. The number of benzene rings is 2. The van der Waals surface area contributed by atoms with Crippen molar-refractivity contribution in [2.75, 3.05) is 5.73 Å². The predicted molar refractivity (Wildman–Crippen MR) is 72.1 cm³/mol. The van der Waals surface area contributed by atoms with Crippen molar-refractivity contribution in [3.63, 3.8) is 0 Å². The molecule has 0 atom stereocenters. The molecular weight excluding hydrogens is 271 g/mol. The Morgan fingerprint density at radius 2 is 1.72 bits per heavy atom. The van der Waals surface area contributed by atoms with Gasteiger partial charge < -0.3 is 10.5 Å². The molecule has 2 rings (SSSR count). The van der Waals surface area contributed by atoms with Gasteiger partial charge >= 0.3 is 0 Å². The van der Waals surface area contributed by atoms with Crippen LogP contribution in [0.5, 0.6) is 11.5 Å². The number of anilines is 1. The highest BCUT2D eigenvalue weighted by Crippen LogP contribution is 2.31. The van der Waals surface area contributed by atoms with Crippen LogP contribution in [0.2, 0.25) is 10.0 Å². The first kappa shape index (κ1) is 12.6. The molecular formula is C13H8Cl2N2O. The minimum absolute atomic E-state index is 0.396. The Morgan fingerprint density at radius 1 is 1.06 bits per heavy atom. The maximum atomic E-state index is 8.82. The minimum Gasteiger partial charge on any atom is -0.455 e. The first-order chi connectivity index (χ1) is 8.58. The average Bonchev–Trinajstić information content (AvgIpc) is 2.30. The van der Waals surface area contributed by atoms with E-state index < -0.39 is 0 Å². The summed E-state index contributed by atoms with van der Waals surface area (Å²) >= 11 is 11.7. The lowest BCUT2D eigenvalue weighted by molar-refractivity contribution is 0.485. The van der Waals surface area contributed by atoms with Gasteiger partial charge in [0, 0.05) is 16.1 Å². The Kier molecular flexibility index (Phi) is 3.61. The second-order valence-corrected chi connectivity index (χ2v) is 4.44. The molecule has 0 amide bonds. The van der Waals surface area contributed by atoms with Gasteiger partial charge in [-0.3, -0.25) is 0 Å². The molecule has 0 aliphatic heterocycles. The molecule has 0 saturated carbocycles. The highest BCUT2D eigenvalue weighted by atomic mass is 35.5. The molecule has 0 radical (unpaired) electrons. The molecule has 0 spiro atoms. The number of halogens is 2. The van der Waals surface area contributed by atoms with Gasteiger partial charge in [-0.05, 0) is 30.3 Å². The minimum atomic E-state index is 0.396. The highest BCUT2D eigenvalue weighted by Gasteiger charge is 2.05. The van der Waals surface area contributed by atoms with Crippen molar-refractivity contribution in [2.24, 2.45) is 0 Å². The zero-order valence-electron chi connectivity index (χ0n) is 9.15. The van der Waals surface area contributed by atoms with Gasteiger partial charge in [-0.1, -0.05) is 23.2 Å². The Morgan fingerprint density at radius 3 is 2.33 bits per heavy atom. The molecule has 0 bridgehead atoms. The third-order valence-corrected chi connectivity index (χ3v) is 2.64. The fourth-order valence-corrected chi connectivity index (χ4v) is 1.91. The zero-order chi connectivity index (χ0) is 13.1. The number of nitrogen functional groups attached to an aromatic ring is 1. The van der Waals surface area contributed by atoms with Crippen LogP contribution in [-0.2, 0) is 0 Å². The smallest absolute Gasteiger partial charge is 0.151 e. The van der Waals surface area contributed by atoms with E-state index in [4.69, 9.17) is 38.9 Å². The summed E-state index contributed by atoms with van der Waals surface area (Å²) in [4.78, 5) is 0. The van der Waals surface area contributed by atoms with Crippen LogP contribution in [0.4, 0.5) is 5.69 Å². The van der Waals surface area contributed by atoms with Crippen LogP contribution in [0, 0.1) is 11.3 Å². The maximum absolute atomic E-state index is 8.82. The van der Waals surface area contributed by atoms with E-state index in [1.165, 1.54) is 0 Å². The summed E-state index contributed by atoms with van der Waals surface area (Å²) in [7, 11) is 0. The molecule has 0 unspecified atom stereocenters. The second kappa shape index (κ2) is 5.18. The van der Waals surface area contributed by atoms with Crippen LogP contribution in [0.3, 0.4) is 0 Å². The summed E-state index contributed by atoms with van der Waals surface area (Å²) in [5.74, 6) is 0.863. The van der Waals surface area contributed by atoms with E-state index in [1.807, 2.05) is 6.07 Å². The van der Waals surface area contributed by atoms with Crippen molar-refractivity contribution < 1.29 is 4.74 Å². The molecule has 2 N–H and O–H groups in total. The van der Waals surface area contributed by atoms with Gasteiger partial charge in [0.25, 0.3) is 0 Å². The van der Waals surface area contributed by atoms with E-state index >= 15 is 0 Å². The summed E-state index contributed by atoms with van der Waals surface area (Å²) in [5, 5.41) is 9.75. The monoisotopic (exact) mass is 278 g/mol. The summed E-state index contributed by atoms with van der Waals surface area (Å²) in [5.41, 5.74) is 6.67. The second-order valence-electron chi connectivity index (χ2n) is 3.57. The first-order valence-corrected chi connectivity index (χ1v) is 5.77. The molecule has 0 aliphatic rings. The van der Waals surface area contributed by atoms with E-state index in [0.717, 1.165) is 0 Å². The molecule has 0 fully saturated rings. The summed E-state index contributed by atoms with van der Waals surface area (Å²) in [6.45, 7) is 0. The number of nitrogens with zero attached hydrogens (tertiary/aromatic N) is 1. The predicted octanol–water partition coefficient (Wildman–Crippen LogP) is 4.24. The first-order valence-electron chi connectivity index (χ1n) is 5.02. The molecule has 18 heavy (non-hydrogen) atoms. The van der Waals surface area contributed by atoms with Crippen LogP contribution in [0.15, 0.2) is 36.4 Å². The van der Waals surface area contributed by atoms with E-state index in [9.17, 15) is 0 Å². The van der Waals surface area contributed by atoms with Crippen LogP contribution in [0.1, 0.15) is 5.56 Å². The average molecular weight is 279 g/mol. The third kappa shape index (κ3) is 2.86. The van der Waals surface area contributed by atoms with Gasteiger partial charge in [-0.2, -0.15) is 5.26 Å². The summed E-state index contributed by atoms with van der Waals surface area (Å²) in [6, 6.07) is 11.6. The Bertz CT molecular complexity index is 615. The maximum Gasteiger partial charge on any atom is 0.151 e. The zero-order valence-corrected chi connectivity index (χ0v) is 10.7. The van der Waals surface area contributed by atoms with Crippen LogP contribution in [-0.4, -0.2) is 0 Å². The van der Waals surface area contributed by atoms with E-state index in [2.05, 4.69) is 0 Å². The number of hydrogen-bond acceptors (Lipinski definition) is 3. The van der Waals surface area contributed by atoms with Gasteiger partial charge in [0.05, 0.1) is 17.3 Å². The Hall–Kier alpha value is -1.89. The van der Waals surface area contributed by atoms with Gasteiger partial charge in [0.1, 0.15) is 5.75 Å². The highest BCUT2D eigenvalue weighted by molar-refractivity contribution is 6.34. The van der Waals surface area contributed by atoms with E-state index in [-0.39, 0.29) is 0 Å². The molecule has 5 heteroatoms. The van der Waals surface area contributed by atoms with Crippen LogP contribution in [0.25, 0.3) is 0 Å². The van der Waals surface area contributed by atoms with Gasteiger partial charge in [-0.15, -0.1) is 0 Å². The molecule has 0 saturated heterocycles. The fourth-order valence-electron chi connectivity index (χ4n) is 1.41. The lowest BCUT2D eigenvalue weighted by Crippen LogP contribution is -1.93. The number of ether oxygens (including phenoxy) is 1. The molecule has 90 valence electrons. The number of hydrogen-bond donors (Lipinski definition) is 1. The normalized spacial score (nSPS) is 9.83. The summed E-state index contributed by atoms with van der Waals surface area (Å²) < 4.78 is 5.57. The van der Waals surface area contributed by atoms with E-state index in [1.54, 1.807) is 36.4 Å². The third-order valence-electron chi connectivity index (χ3n) is 2.21. The largest absolute Gasteiger partial charge is 0.455 e. The SMILES string of the molecule is N#Cc1ccc(N)c(Oc2cc(Cl)cc(Cl)c2)c1. The Labute approximate surface area is 114 Å². The molecule has 0 aliphatic carbocycles. The van der Waals surface area contributed by atoms with Crippen molar-refractivity contribution in [1.29, 1.82) is 5.26 Å². The Balaban J connectivity index is 2.36. The molecule has 2 aromatic carbocycles. The van der Waals surface area contributed by atoms with Gasteiger partial charge in [0.15, 0.2) is 5.75 Å². The molecule has 2 aromatic rings. The molecule has 0 heterocycles. The van der Waals surface area contributed by atoms with Crippen molar-refractivity contribution in [2.45, 2.75) is 0 Å². The van der Waals surface area contributed by atoms with E-state index in [0.29, 0.717) is 32.8 Å². The molecule has 3 nitrogen and oxygen atoms in total. The van der Waals surface area contributed by atoms with Gasteiger partial charge in [-0.25, -0.2) is 0 Å².